The van der Waals surface area contributed by atoms with Crippen molar-refractivity contribution in [1.82, 2.24) is 9.29 Å². The molecule has 0 fully saturated rings. The third-order valence-electron chi connectivity index (χ3n) is 3.28. The molecular formula is C13H22BrN3O2S. The highest BCUT2D eigenvalue weighted by molar-refractivity contribution is 9.10. The molecule has 1 rings (SSSR count). The van der Waals surface area contributed by atoms with Crippen molar-refractivity contribution < 1.29 is 8.42 Å². The minimum atomic E-state index is -3.56. The van der Waals surface area contributed by atoms with E-state index in [0.717, 1.165) is 12.8 Å². The molecule has 0 aromatic carbocycles. The van der Waals surface area contributed by atoms with Gasteiger partial charge in [-0.05, 0) is 41.8 Å². The average Bonchev–Trinajstić information content (AvgIpc) is 2.42. The van der Waals surface area contributed by atoms with Crippen LogP contribution < -0.4 is 5.32 Å². The molecule has 0 atom stereocenters. The van der Waals surface area contributed by atoms with Gasteiger partial charge >= 0.3 is 0 Å². The predicted octanol–water partition coefficient (Wildman–Crippen LogP) is 3.09. The number of anilines is 1. The van der Waals surface area contributed by atoms with Crippen LogP contribution in [0.5, 0.6) is 0 Å². The second-order valence-electron chi connectivity index (χ2n) is 4.52. The monoisotopic (exact) mass is 363 g/mol. The highest BCUT2D eigenvalue weighted by Crippen LogP contribution is 2.27. The molecule has 1 N–H and O–H groups in total. The lowest BCUT2D eigenvalue weighted by atomic mass is 10.2. The molecular weight excluding hydrogens is 342 g/mol. The Kier molecular flexibility index (Phi) is 6.42. The van der Waals surface area contributed by atoms with Gasteiger partial charge in [0, 0.05) is 30.3 Å². The summed E-state index contributed by atoms with van der Waals surface area (Å²) in [6.07, 6.45) is 3.16. The van der Waals surface area contributed by atoms with E-state index in [0.29, 0.717) is 16.8 Å². The van der Waals surface area contributed by atoms with E-state index in [9.17, 15) is 8.42 Å². The first-order valence-electron chi connectivity index (χ1n) is 6.75. The molecule has 20 heavy (non-hydrogen) atoms. The number of hydrogen-bond donors (Lipinski definition) is 1. The quantitative estimate of drug-likeness (QED) is 0.808. The van der Waals surface area contributed by atoms with Crippen molar-refractivity contribution in [3.8, 4) is 0 Å². The Morgan fingerprint density at radius 2 is 1.95 bits per heavy atom. The van der Waals surface area contributed by atoms with Gasteiger partial charge in [0.2, 0.25) is 10.0 Å². The van der Waals surface area contributed by atoms with Crippen molar-refractivity contribution in [3.63, 3.8) is 0 Å². The van der Waals surface area contributed by atoms with Crippen LogP contribution in [0.3, 0.4) is 0 Å². The van der Waals surface area contributed by atoms with E-state index >= 15 is 0 Å². The van der Waals surface area contributed by atoms with Gasteiger partial charge in [-0.2, -0.15) is 4.31 Å². The zero-order valence-electron chi connectivity index (χ0n) is 12.4. The molecule has 0 amide bonds. The first-order valence-corrected chi connectivity index (χ1v) is 8.99. The fourth-order valence-electron chi connectivity index (χ4n) is 2.07. The van der Waals surface area contributed by atoms with E-state index < -0.39 is 10.0 Å². The van der Waals surface area contributed by atoms with E-state index in [4.69, 9.17) is 0 Å². The fourth-order valence-corrected chi connectivity index (χ4v) is 4.20. The van der Waals surface area contributed by atoms with Crippen LogP contribution in [0.15, 0.2) is 21.6 Å². The van der Waals surface area contributed by atoms with Crippen LogP contribution in [-0.4, -0.2) is 37.3 Å². The SMILES string of the molecule is CCNc1ncc(Br)cc1S(=O)(=O)N(C)C(CC)CC. The summed E-state index contributed by atoms with van der Waals surface area (Å²) in [6, 6.07) is 1.59. The molecule has 1 aromatic heterocycles. The van der Waals surface area contributed by atoms with Gasteiger partial charge in [0.15, 0.2) is 0 Å². The van der Waals surface area contributed by atoms with Gasteiger partial charge < -0.3 is 5.32 Å². The van der Waals surface area contributed by atoms with Gasteiger partial charge in [-0.1, -0.05) is 13.8 Å². The van der Waals surface area contributed by atoms with Crippen LogP contribution in [0.25, 0.3) is 0 Å². The minimum Gasteiger partial charge on any atom is -0.369 e. The largest absolute Gasteiger partial charge is 0.369 e. The lowest BCUT2D eigenvalue weighted by Gasteiger charge is -2.26. The molecule has 114 valence electrons. The zero-order chi connectivity index (χ0) is 15.3. The molecule has 0 aliphatic heterocycles. The molecule has 0 aliphatic rings. The molecule has 1 heterocycles. The fraction of sp³-hybridized carbons (Fsp3) is 0.615. The average molecular weight is 364 g/mol. The van der Waals surface area contributed by atoms with Crippen molar-refractivity contribution in [1.29, 1.82) is 0 Å². The summed E-state index contributed by atoms with van der Waals surface area (Å²) < 4.78 is 27.6. The summed E-state index contributed by atoms with van der Waals surface area (Å²) in [4.78, 5) is 4.38. The van der Waals surface area contributed by atoms with Gasteiger partial charge in [0.05, 0.1) is 0 Å². The Morgan fingerprint density at radius 3 is 2.45 bits per heavy atom. The first kappa shape index (κ1) is 17.4. The maximum atomic E-state index is 12.8. The standard InChI is InChI=1S/C13H22BrN3O2S/c1-5-11(6-2)17(4)20(18,19)12-8-10(14)9-16-13(12)15-7-3/h8-9,11H,5-7H2,1-4H3,(H,15,16). The molecule has 1 aromatic rings. The van der Waals surface area contributed by atoms with Gasteiger partial charge in [-0.15, -0.1) is 0 Å². The van der Waals surface area contributed by atoms with Crippen LogP contribution in [0.4, 0.5) is 5.82 Å². The lowest BCUT2D eigenvalue weighted by Crippen LogP contribution is -2.36. The Balaban J connectivity index is 3.30. The molecule has 0 aliphatic carbocycles. The number of pyridine rings is 1. The van der Waals surface area contributed by atoms with E-state index in [1.54, 1.807) is 19.3 Å². The molecule has 0 spiro atoms. The maximum Gasteiger partial charge on any atom is 0.246 e. The van der Waals surface area contributed by atoms with Crippen molar-refractivity contribution in [2.45, 2.75) is 44.6 Å². The van der Waals surface area contributed by atoms with Crippen LogP contribution in [0.1, 0.15) is 33.6 Å². The summed E-state index contributed by atoms with van der Waals surface area (Å²) >= 11 is 3.29. The van der Waals surface area contributed by atoms with Crippen LogP contribution in [-0.2, 0) is 10.0 Å². The Hall–Kier alpha value is -0.660. The summed E-state index contributed by atoms with van der Waals surface area (Å²) in [6.45, 7) is 6.51. The number of nitrogens with one attached hydrogen (secondary N) is 1. The van der Waals surface area contributed by atoms with Crippen molar-refractivity contribution in [2.75, 3.05) is 18.9 Å². The molecule has 5 nitrogen and oxygen atoms in total. The van der Waals surface area contributed by atoms with Gasteiger partial charge in [0.25, 0.3) is 0 Å². The van der Waals surface area contributed by atoms with E-state index in [-0.39, 0.29) is 10.9 Å². The van der Waals surface area contributed by atoms with Crippen LogP contribution >= 0.6 is 15.9 Å². The molecule has 0 saturated carbocycles. The first-order chi connectivity index (χ1) is 9.38. The summed E-state index contributed by atoms with van der Waals surface area (Å²) in [5.74, 6) is 0.397. The molecule has 0 radical (unpaired) electrons. The maximum absolute atomic E-state index is 12.8. The lowest BCUT2D eigenvalue weighted by molar-refractivity contribution is 0.350. The number of nitrogens with zero attached hydrogens (tertiary/aromatic N) is 2. The van der Waals surface area contributed by atoms with E-state index in [1.807, 2.05) is 20.8 Å². The predicted molar refractivity (Wildman–Crippen MR) is 85.4 cm³/mol. The highest BCUT2D eigenvalue weighted by atomic mass is 79.9. The second kappa shape index (κ2) is 7.38. The van der Waals surface area contributed by atoms with E-state index in [2.05, 4.69) is 26.2 Å². The zero-order valence-corrected chi connectivity index (χ0v) is 14.8. The van der Waals surface area contributed by atoms with Gasteiger partial charge in [-0.25, -0.2) is 13.4 Å². The van der Waals surface area contributed by atoms with Crippen LogP contribution in [0, 0.1) is 0 Å². The Morgan fingerprint density at radius 1 is 1.35 bits per heavy atom. The summed E-state index contributed by atoms with van der Waals surface area (Å²) in [7, 11) is -1.93. The third kappa shape index (κ3) is 3.71. The molecule has 0 bridgehead atoms. The summed E-state index contributed by atoms with van der Waals surface area (Å²) in [5.41, 5.74) is 0. The van der Waals surface area contributed by atoms with Crippen molar-refractivity contribution >= 4 is 31.8 Å². The van der Waals surface area contributed by atoms with Crippen molar-refractivity contribution in [3.05, 3.63) is 16.7 Å². The van der Waals surface area contributed by atoms with Gasteiger partial charge in [-0.3, -0.25) is 0 Å². The Bertz CT molecular complexity index is 545. The smallest absolute Gasteiger partial charge is 0.246 e. The van der Waals surface area contributed by atoms with Crippen molar-refractivity contribution in [2.24, 2.45) is 0 Å². The van der Waals surface area contributed by atoms with Gasteiger partial charge in [0.1, 0.15) is 10.7 Å². The van der Waals surface area contributed by atoms with Crippen LogP contribution in [0.2, 0.25) is 0 Å². The third-order valence-corrected chi connectivity index (χ3v) is 5.63. The number of aromatic nitrogens is 1. The number of hydrogen-bond acceptors (Lipinski definition) is 4. The topological polar surface area (TPSA) is 62.3 Å². The summed E-state index contributed by atoms with van der Waals surface area (Å²) in [5, 5.41) is 3.00. The molecule has 7 heteroatoms. The molecule has 0 unspecified atom stereocenters. The Labute approximate surface area is 130 Å². The molecule has 0 saturated heterocycles. The number of rotatable bonds is 7. The normalized spacial score (nSPS) is 12.2. The van der Waals surface area contributed by atoms with E-state index in [1.165, 1.54) is 4.31 Å². The number of sulfonamides is 1. The second-order valence-corrected chi connectivity index (χ2v) is 7.40. The minimum absolute atomic E-state index is 0.00606. The highest BCUT2D eigenvalue weighted by Gasteiger charge is 2.29. The number of halogens is 1.